The molecule has 0 saturated heterocycles. The van der Waals surface area contributed by atoms with Crippen molar-refractivity contribution in [3.63, 3.8) is 0 Å². The molecule has 0 spiro atoms. The number of amides is 1. The lowest BCUT2D eigenvalue weighted by molar-refractivity contribution is 0.102. The van der Waals surface area contributed by atoms with E-state index in [9.17, 15) is 4.79 Å². The number of hydrogen-bond donors (Lipinski definition) is 1. The van der Waals surface area contributed by atoms with Crippen molar-refractivity contribution in [2.75, 3.05) is 19.5 Å². The number of nitrogens with one attached hydrogen (secondary N) is 1. The van der Waals surface area contributed by atoms with Gasteiger partial charge in [-0.25, -0.2) is 0 Å². The van der Waals surface area contributed by atoms with Crippen molar-refractivity contribution < 1.29 is 14.3 Å². The summed E-state index contributed by atoms with van der Waals surface area (Å²) in [5, 5.41) is 11.7. The van der Waals surface area contributed by atoms with E-state index in [2.05, 4.69) is 10.3 Å². The van der Waals surface area contributed by atoms with E-state index in [1.54, 1.807) is 24.3 Å². The minimum absolute atomic E-state index is 0.215. The van der Waals surface area contributed by atoms with E-state index >= 15 is 0 Å². The van der Waals surface area contributed by atoms with Crippen molar-refractivity contribution in [1.29, 1.82) is 5.39 Å². The maximum Gasteiger partial charge on any atom is 0.430 e. The highest BCUT2D eigenvalue weighted by molar-refractivity contribution is 6.05. The molecule has 0 fully saturated rings. The number of benzene rings is 2. The Morgan fingerprint density at radius 2 is 1.76 bits per heavy atom. The third-order valence-corrected chi connectivity index (χ3v) is 2.89. The Kier molecular flexibility index (Phi) is 4.36. The fourth-order valence-corrected chi connectivity index (χ4v) is 1.84. The van der Waals surface area contributed by atoms with Gasteiger partial charge in [-0.1, -0.05) is 18.2 Å². The van der Waals surface area contributed by atoms with Crippen LogP contribution in [0.2, 0.25) is 0 Å². The molecule has 0 radical (unpaired) electrons. The molecule has 1 N–H and O–H groups in total. The van der Waals surface area contributed by atoms with Gasteiger partial charge in [0.25, 0.3) is 5.91 Å². The highest BCUT2D eigenvalue weighted by Gasteiger charge is 2.21. The normalized spacial score (nSPS) is 9.57. The molecule has 6 heteroatoms. The van der Waals surface area contributed by atoms with Crippen molar-refractivity contribution in [2.24, 2.45) is 0 Å². The number of rotatable bonds is 4. The molecule has 0 aliphatic rings. The predicted molar refractivity (Wildman–Crippen MR) is 78.7 cm³/mol. The lowest BCUT2D eigenvalue weighted by Gasteiger charge is -2.10. The summed E-state index contributed by atoms with van der Waals surface area (Å²) in [6, 6.07) is 11.8. The standard InChI is InChI=1S/C15H13N3O3/c1-20-13-9-12(18-16)14(21-2)8-11(13)17-15(19)10-6-4-3-5-7-10/h3-9H,1-2H3/p+1. The minimum atomic E-state index is -0.273. The SMILES string of the molecule is COc1cc(NC(=O)c2ccccc2)c(OC)cc1[N+]#N. The number of ether oxygens (including phenoxy) is 2. The van der Waals surface area contributed by atoms with Crippen LogP contribution in [-0.4, -0.2) is 20.1 Å². The molecule has 1 amide bonds. The summed E-state index contributed by atoms with van der Waals surface area (Å²) >= 11 is 0. The lowest BCUT2D eigenvalue weighted by Crippen LogP contribution is -2.12. The summed E-state index contributed by atoms with van der Waals surface area (Å²) in [4.78, 5) is 15.3. The Morgan fingerprint density at radius 3 is 2.33 bits per heavy atom. The molecule has 0 aliphatic carbocycles. The summed E-state index contributed by atoms with van der Waals surface area (Å²) in [6.07, 6.45) is 0. The van der Waals surface area contributed by atoms with Crippen LogP contribution in [0.3, 0.4) is 0 Å². The molecule has 2 aromatic rings. The predicted octanol–water partition coefficient (Wildman–Crippen LogP) is 3.44. The lowest BCUT2D eigenvalue weighted by atomic mass is 10.2. The van der Waals surface area contributed by atoms with Gasteiger partial charge >= 0.3 is 5.69 Å². The van der Waals surface area contributed by atoms with E-state index in [1.807, 2.05) is 6.07 Å². The van der Waals surface area contributed by atoms with Crippen LogP contribution in [0.25, 0.3) is 4.98 Å². The first-order valence-electron chi connectivity index (χ1n) is 6.17. The second-order valence-electron chi connectivity index (χ2n) is 4.14. The average molecular weight is 284 g/mol. The summed E-state index contributed by atoms with van der Waals surface area (Å²) in [5.74, 6) is 0.416. The summed E-state index contributed by atoms with van der Waals surface area (Å²) in [6.45, 7) is 0. The molecule has 2 aromatic carbocycles. The van der Waals surface area contributed by atoms with Gasteiger partial charge in [0.05, 0.1) is 26.0 Å². The Balaban J connectivity index is 2.35. The number of anilines is 1. The zero-order chi connectivity index (χ0) is 15.2. The molecule has 0 aliphatic heterocycles. The van der Waals surface area contributed by atoms with Gasteiger partial charge in [-0.2, -0.15) is 0 Å². The van der Waals surface area contributed by atoms with Crippen molar-refractivity contribution in [3.8, 4) is 11.5 Å². The molecule has 0 unspecified atom stereocenters. The van der Waals surface area contributed by atoms with Crippen LogP contribution in [0.1, 0.15) is 10.4 Å². The summed E-state index contributed by atoms with van der Waals surface area (Å²) < 4.78 is 10.3. The molecule has 0 heterocycles. The van der Waals surface area contributed by atoms with Crippen molar-refractivity contribution in [2.45, 2.75) is 0 Å². The number of hydrogen-bond acceptors (Lipinski definition) is 4. The first-order valence-corrected chi connectivity index (χ1v) is 6.17. The van der Waals surface area contributed by atoms with Gasteiger partial charge in [0.15, 0.2) is 10.7 Å². The second-order valence-corrected chi connectivity index (χ2v) is 4.14. The number of diazo groups is 1. The fraction of sp³-hybridized carbons (Fsp3) is 0.133. The quantitative estimate of drug-likeness (QED) is 0.872. The molecule has 0 saturated carbocycles. The maximum absolute atomic E-state index is 12.2. The highest BCUT2D eigenvalue weighted by atomic mass is 16.5. The van der Waals surface area contributed by atoms with Crippen LogP contribution >= 0.6 is 0 Å². The second kappa shape index (κ2) is 6.39. The zero-order valence-electron chi connectivity index (χ0n) is 11.7. The zero-order valence-corrected chi connectivity index (χ0v) is 11.7. The maximum atomic E-state index is 12.2. The number of carbonyl (C=O) groups is 1. The molecule has 0 aromatic heterocycles. The van der Waals surface area contributed by atoms with E-state index in [0.717, 1.165) is 0 Å². The van der Waals surface area contributed by atoms with Gasteiger partial charge < -0.3 is 14.8 Å². The number of nitrogens with zero attached hydrogens (tertiary/aromatic N) is 2. The topological polar surface area (TPSA) is 75.7 Å². The Hall–Kier alpha value is -3.07. The number of carbonyl (C=O) groups excluding carboxylic acids is 1. The van der Waals surface area contributed by atoms with Gasteiger partial charge in [-0.05, 0) is 12.1 Å². The van der Waals surface area contributed by atoms with Crippen molar-refractivity contribution in [3.05, 3.63) is 53.0 Å². The van der Waals surface area contributed by atoms with Crippen molar-refractivity contribution in [1.82, 2.24) is 0 Å². The molecule has 21 heavy (non-hydrogen) atoms. The van der Waals surface area contributed by atoms with Crippen molar-refractivity contribution >= 4 is 17.3 Å². The first-order chi connectivity index (χ1) is 10.2. The van der Waals surface area contributed by atoms with E-state index in [-0.39, 0.29) is 11.6 Å². The van der Waals surface area contributed by atoms with E-state index in [1.165, 1.54) is 26.4 Å². The van der Waals surface area contributed by atoms with Crippen LogP contribution in [0, 0.1) is 5.39 Å². The Morgan fingerprint density at radius 1 is 1.10 bits per heavy atom. The van der Waals surface area contributed by atoms with E-state index < -0.39 is 0 Å². The van der Waals surface area contributed by atoms with E-state index in [0.29, 0.717) is 22.7 Å². The van der Waals surface area contributed by atoms with Gasteiger partial charge in [-0.15, -0.1) is 0 Å². The summed E-state index contributed by atoms with van der Waals surface area (Å²) in [5.41, 5.74) is 1.16. The molecule has 0 atom stereocenters. The fourth-order valence-electron chi connectivity index (χ4n) is 1.84. The molecule has 0 bridgehead atoms. The third-order valence-electron chi connectivity index (χ3n) is 2.89. The summed E-state index contributed by atoms with van der Waals surface area (Å²) in [7, 11) is 2.90. The van der Waals surface area contributed by atoms with Gasteiger partial charge in [0.1, 0.15) is 0 Å². The van der Waals surface area contributed by atoms with Gasteiger partial charge in [0.2, 0.25) is 11.1 Å². The van der Waals surface area contributed by atoms with Crippen LogP contribution in [0.5, 0.6) is 11.5 Å². The molecular weight excluding hydrogens is 270 g/mol. The molecule has 106 valence electrons. The smallest absolute Gasteiger partial charge is 0.430 e. The van der Waals surface area contributed by atoms with Gasteiger partial charge in [0, 0.05) is 11.6 Å². The van der Waals surface area contributed by atoms with Gasteiger partial charge in [-0.3, -0.25) is 4.79 Å². The Labute approximate surface area is 121 Å². The molecular formula is C15H14N3O3+. The molecule has 6 nitrogen and oxygen atoms in total. The third kappa shape index (κ3) is 3.09. The minimum Gasteiger partial charge on any atom is -0.494 e. The van der Waals surface area contributed by atoms with Crippen LogP contribution < -0.4 is 14.8 Å². The van der Waals surface area contributed by atoms with Crippen LogP contribution in [0.15, 0.2) is 42.5 Å². The molecule has 2 rings (SSSR count). The highest BCUT2D eigenvalue weighted by Crippen LogP contribution is 2.38. The number of methoxy groups -OCH3 is 2. The van der Waals surface area contributed by atoms with E-state index in [4.69, 9.17) is 14.9 Å². The average Bonchev–Trinajstić information content (AvgIpc) is 2.55. The van der Waals surface area contributed by atoms with Crippen LogP contribution in [0.4, 0.5) is 11.4 Å². The van der Waals surface area contributed by atoms with Crippen LogP contribution in [-0.2, 0) is 0 Å². The monoisotopic (exact) mass is 284 g/mol. The largest absolute Gasteiger partial charge is 0.494 e. The Bertz CT molecular complexity index is 693. The first kappa shape index (κ1) is 14.3.